The Bertz CT molecular complexity index is 2870. The maximum atomic E-state index is 2.50. The van der Waals surface area contributed by atoms with E-state index < -0.39 is 0 Å². The topological polar surface area (TPSA) is 12.1 Å². The summed E-state index contributed by atoms with van der Waals surface area (Å²) in [6.07, 6.45) is 0. The molecule has 0 spiro atoms. The average molecular weight is 572 g/mol. The lowest BCUT2D eigenvalue weighted by Gasteiger charge is -2.25. The molecule has 0 saturated heterocycles. The lowest BCUT2D eigenvalue weighted by atomic mass is 10.0. The van der Waals surface area contributed by atoms with Crippen LogP contribution in [0.3, 0.4) is 0 Å². The van der Waals surface area contributed by atoms with E-state index in [1.165, 1.54) is 76.2 Å². The molecule has 45 heavy (non-hydrogen) atoms. The highest BCUT2D eigenvalue weighted by atomic mass is 15.1. The van der Waals surface area contributed by atoms with Crippen LogP contribution in [-0.4, -0.2) is 8.80 Å². The fraction of sp³-hybridized carbons (Fsp3) is 0. The SMILES string of the molecule is c1ccc(N(c2ccccc2)c2cc3c4ccccc4n4c5cc6c(cc5c(c2)c34)c2cccc3c4ccccc4n6c32)cc1. The van der Waals surface area contributed by atoms with Gasteiger partial charge < -0.3 is 13.7 Å². The quantitative estimate of drug-likeness (QED) is 0.205. The number of nitrogens with zero attached hydrogens (tertiary/aromatic N) is 3. The standard InChI is InChI=1S/C42H25N3/c1-3-12-26(13-4-1)43(27-14-5-2-6-15-27)28-22-35-30-17-8-10-21-38(30)45-40-25-39-33(24-34(40)36(23-28)42(35)45)32-19-11-18-31-29-16-7-9-20-37(29)44(39)41(31)32/h1-25H. The van der Waals surface area contributed by atoms with E-state index in [0.717, 1.165) is 17.1 Å². The molecule has 0 aliphatic rings. The van der Waals surface area contributed by atoms with Crippen LogP contribution in [0, 0.1) is 0 Å². The van der Waals surface area contributed by atoms with Crippen LogP contribution in [0.2, 0.25) is 0 Å². The van der Waals surface area contributed by atoms with Crippen LogP contribution in [0.15, 0.2) is 152 Å². The number of anilines is 3. The summed E-state index contributed by atoms with van der Waals surface area (Å²) in [5.74, 6) is 0. The summed E-state index contributed by atoms with van der Waals surface area (Å²) in [7, 11) is 0. The Morgan fingerprint density at radius 2 is 0.733 bits per heavy atom. The van der Waals surface area contributed by atoms with Crippen LogP contribution in [0.25, 0.3) is 76.2 Å². The molecule has 7 aromatic carbocycles. The Balaban J connectivity index is 1.33. The summed E-state index contributed by atoms with van der Waals surface area (Å²) in [5.41, 5.74) is 11.1. The molecule has 0 aliphatic heterocycles. The van der Waals surface area contributed by atoms with Crippen LogP contribution < -0.4 is 4.90 Å². The molecule has 0 saturated carbocycles. The molecule has 3 heteroatoms. The van der Waals surface area contributed by atoms with Gasteiger partial charge in [0.1, 0.15) is 0 Å². The molecule has 4 aromatic heterocycles. The minimum absolute atomic E-state index is 1.14. The van der Waals surface area contributed by atoms with Crippen molar-refractivity contribution in [2.24, 2.45) is 0 Å². The lowest BCUT2D eigenvalue weighted by molar-refractivity contribution is 1.29. The second-order valence-corrected chi connectivity index (χ2v) is 12.2. The van der Waals surface area contributed by atoms with Gasteiger partial charge in [-0.2, -0.15) is 0 Å². The van der Waals surface area contributed by atoms with Gasteiger partial charge >= 0.3 is 0 Å². The highest BCUT2D eigenvalue weighted by Gasteiger charge is 2.24. The summed E-state index contributed by atoms with van der Waals surface area (Å²) in [6, 6.07) is 55.5. The molecule has 0 unspecified atom stereocenters. The van der Waals surface area contributed by atoms with E-state index in [0.29, 0.717) is 0 Å². The van der Waals surface area contributed by atoms with Gasteiger partial charge in [0.2, 0.25) is 0 Å². The maximum absolute atomic E-state index is 2.50. The summed E-state index contributed by atoms with van der Waals surface area (Å²) >= 11 is 0. The maximum Gasteiger partial charge on any atom is 0.0622 e. The Labute approximate surface area is 258 Å². The van der Waals surface area contributed by atoms with Gasteiger partial charge in [0.25, 0.3) is 0 Å². The first-order chi connectivity index (χ1) is 22.3. The van der Waals surface area contributed by atoms with Gasteiger partial charge in [-0.3, -0.25) is 0 Å². The van der Waals surface area contributed by atoms with Crippen LogP contribution >= 0.6 is 0 Å². The van der Waals surface area contributed by atoms with Crippen LogP contribution in [0.1, 0.15) is 0 Å². The molecular formula is C42H25N3. The van der Waals surface area contributed by atoms with Crippen LogP contribution in [0.5, 0.6) is 0 Å². The molecule has 0 N–H and O–H groups in total. The first-order valence-electron chi connectivity index (χ1n) is 15.5. The number of benzene rings is 7. The minimum atomic E-state index is 1.14. The van der Waals surface area contributed by atoms with Crippen LogP contribution in [0.4, 0.5) is 17.1 Å². The lowest BCUT2D eigenvalue weighted by Crippen LogP contribution is -2.09. The van der Waals surface area contributed by atoms with Gasteiger partial charge in [-0.15, -0.1) is 0 Å². The molecule has 4 heterocycles. The van der Waals surface area contributed by atoms with Crippen molar-refractivity contribution in [1.82, 2.24) is 8.80 Å². The molecule has 208 valence electrons. The highest BCUT2D eigenvalue weighted by molar-refractivity contribution is 6.29. The molecule has 11 aromatic rings. The highest BCUT2D eigenvalue weighted by Crippen LogP contribution is 2.47. The van der Waals surface area contributed by atoms with E-state index >= 15 is 0 Å². The molecule has 0 bridgehead atoms. The summed E-state index contributed by atoms with van der Waals surface area (Å²) in [4.78, 5) is 2.38. The second kappa shape index (κ2) is 8.31. The minimum Gasteiger partial charge on any atom is -0.310 e. The van der Waals surface area contributed by atoms with Crippen molar-refractivity contribution in [3.05, 3.63) is 152 Å². The van der Waals surface area contributed by atoms with Gasteiger partial charge in [-0.1, -0.05) is 91.0 Å². The molecule has 11 rings (SSSR count). The number of rotatable bonds is 3. The molecule has 3 nitrogen and oxygen atoms in total. The third-order valence-corrected chi connectivity index (χ3v) is 9.91. The Hall–Kier alpha value is -6.06. The zero-order chi connectivity index (χ0) is 29.2. The molecule has 0 fully saturated rings. The van der Waals surface area contributed by atoms with Gasteiger partial charge in [-0.25, -0.2) is 0 Å². The second-order valence-electron chi connectivity index (χ2n) is 12.2. The fourth-order valence-electron chi connectivity index (χ4n) is 8.13. The molecule has 0 aliphatic carbocycles. The van der Waals surface area contributed by atoms with Crippen molar-refractivity contribution >= 4 is 93.3 Å². The van der Waals surface area contributed by atoms with Crippen molar-refractivity contribution in [3.8, 4) is 0 Å². The van der Waals surface area contributed by atoms with Gasteiger partial charge in [0.15, 0.2) is 0 Å². The number of hydrogen-bond acceptors (Lipinski definition) is 1. The van der Waals surface area contributed by atoms with E-state index in [1.54, 1.807) is 0 Å². The Morgan fingerprint density at radius 3 is 1.36 bits per heavy atom. The smallest absolute Gasteiger partial charge is 0.0622 e. The largest absolute Gasteiger partial charge is 0.310 e. The van der Waals surface area contributed by atoms with Crippen molar-refractivity contribution < 1.29 is 0 Å². The predicted octanol–water partition coefficient (Wildman–Crippen LogP) is 11.5. The summed E-state index contributed by atoms with van der Waals surface area (Å²) < 4.78 is 4.99. The fourth-order valence-corrected chi connectivity index (χ4v) is 8.13. The van der Waals surface area contributed by atoms with Gasteiger partial charge in [0, 0.05) is 60.2 Å². The predicted molar refractivity (Wildman–Crippen MR) is 190 cm³/mol. The summed E-state index contributed by atoms with van der Waals surface area (Å²) in [5, 5.41) is 10.4. The third-order valence-electron chi connectivity index (χ3n) is 9.91. The monoisotopic (exact) mass is 571 g/mol. The van der Waals surface area contributed by atoms with E-state index in [1.807, 2.05) is 0 Å². The number of aromatic nitrogens is 2. The third kappa shape index (κ3) is 2.90. The molecule has 0 radical (unpaired) electrons. The number of fused-ring (bicyclic) bond motifs is 12. The zero-order valence-corrected chi connectivity index (χ0v) is 24.3. The molecule has 0 amide bonds. The zero-order valence-electron chi connectivity index (χ0n) is 24.3. The molecular weight excluding hydrogens is 546 g/mol. The van der Waals surface area contributed by atoms with Crippen molar-refractivity contribution in [2.45, 2.75) is 0 Å². The average Bonchev–Trinajstić information content (AvgIpc) is 3.82. The Morgan fingerprint density at radius 1 is 0.289 bits per heavy atom. The van der Waals surface area contributed by atoms with Crippen molar-refractivity contribution in [1.29, 1.82) is 0 Å². The van der Waals surface area contributed by atoms with E-state index in [2.05, 4.69) is 165 Å². The first kappa shape index (κ1) is 23.4. The van der Waals surface area contributed by atoms with Gasteiger partial charge in [0.05, 0.1) is 33.1 Å². The van der Waals surface area contributed by atoms with Gasteiger partial charge in [-0.05, 0) is 60.7 Å². The first-order valence-corrected chi connectivity index (χ1v) is 15.5. The van der Waals surface area contributed by atoms with Crippen molar-refractivity contribution in [2.75, 3.05) is 4.90 Å². The molecule has 0 atom stereocenters. The van der Waals surface area contributed by atoms with E-state index in [4.69, 9.17) is 0 Å². The summed E-state index contributed by atoms with van der Waals surface area (Å²) in [6.45, 7) is 0. The van der Waals surface area contributed by atoms with E-state index in [-0.39, 0.29) is 0 Å². The normalized spacial score (nSPS) is 12.4. The number of para-hydroxylation sites is 5. The van der Waals surface area contributed by atoms with Crippen molar-refractivity contribution in [3.63, 3.8) is 0 Å². The van der Waals surface area contributed by atoms with Crippen LogP contribution in [-0.2, 0) is 0 Å². The van der Waals surface area contributed by atoms with E-state index in [9.17, 15) is 0 Å². The number of hydrogen-bond donors (Lipinski definition) is 0. The Kier molecular flexibility index (Phi) is 4.32.